The topological polar surface area (TPSA) is 78.9 Å². The molecule has 0 aromatic carbocycles. The Morgan fingerprint density at radius 1 is 1.28 bits per heavy atom. The molecule has 2 aliphatic rings. The van der Waals surface area contributed by atoms with Crippen LogP contribution in [0.4, 0.5) is 4.79 Å². The van der Waals surface area contributed by atoms with E-state index in [2.05, 4.69) is 20.6 Å². The fraction of sp³-hybridized carbons (Fsp3) is 0.750. The Labute approximate surface area is 195 Å². The van der Waals surface area contributed by atoms with E-state index >= 15 is 0 Å². The van der Waals surface area contributed by atoms with Gasteiger partial charge in [-0.3, -0.25) is 4.99 Å². The first-order valence-corrected chi connectivity index (χ1v) is 10.9. The number of nitrogens with one attached hydrogen (secondary N) is 2. The number of carbonyl (C=O) groups is 1. The molecule has 3 heterocycles. The van der Waals surface area contributed by atoms with E-state index in [1.165, 1.54) is 4.88 Å². The first-order chi connectivity index (χ1) is 13.2. The van der Waals surface area contributed by atoms with Gasteiger partial charge in [-0.25, -0.2) is 9.78 Å². The van der Waals surface area contributed by atoms with Crippen molar-refractivity contribution in [1.29, 1.82) is 0 Å². The predicted octanol–water partition coefficient (Wildman–Crippen LogP) is 3.97. The minimum Gasteiger partial charge on any atom is -0.444 e. The lowest BCUT2D eigenvalue weighted by molar-refractivity contribution is 0.00545. The summed E-state index contributed by atoms with van der Waals surface area (Å²) in [5.74, 6) is 0.806. The maximum atomic E-state index is 12.6. The highest BCUT2D eigenvalue weighted by molar-refractivity contribution is 14.0. The number of hydrogen-bond donors (Lipinski definition) is 2. The fourth-order valence-electron chi connectivity index (χ4n) is 4.20. The largest absolute Gasteiger partial charge is 0.444 e. The van der Waals surface area contributed by atoms with Gasteiger partial charge in [0.1, 0.15) is 5.60 Å². The van der Waals surface area contributed by atoms with Crippen molar-refractivity contribution >= 4 is 47.4 Å². The number of aryl methyl sites for hydroxylation is 2. The summed E-state index contributed by atoms with van der Waals surface area (Å²) in [7, 11) is 1.80. The van der Waals surface area contributed by atoms with Gasteiger partial charge in [0.2, 0.25) is 0 Å². The molecular weight excluding hydrogens is 501 g/mol. The summed E-state index contributed by atoms with van der Waals surface area (Å²) in [6.45, 7) is 10.6. The molecule has 2 saturated heterocycles. The molecule has 1 aromatic rings. The standard InChI is InChI=1S/C20H33N5O2S.HI/c1-12-17(28-13(2)23-12)11-22-18(21-6)24-14-9-15-7-8-16(10-14)25(15)19(26)27-20(3,4)5;/h14-16H,7-11H2,1-6H3,(H2,21,22,24);1H. The van der Waals surface area contributed by atoms with Gasteiger partial charge >= 0.3 is 6.09 Å². The van der Waals surface area contributed by atoms with E-state index in [1.807, 2.05) is 39.5 Å². The quantitative estimate of drug-likeness (QED) is 0.348. The zero-order valence-corrected chi connectivity index (χ0v) is 21.4. The third kappa shape index (κ3) is 6.19. The molecule has 1 amide bonds. The molecule has 2 bridgehead atoms. The Morgan fingerprint density at radius 3 is 2.38 bits per heavy atom. The molecule has 7 nitrogen and oxygen atoms in total. The number of ether oxygens (including phenoxy) is 1. The second-order valence-electron chi connectivity index (χ2n) is 8.75. The second-order valence-corrected chi connectivity index (χ2v) is 10.0. The van der Waals surface area contributed by atoms with Crippen LogP contribution in [0.2, 0.25) is 0 Å². The van der Waals surface area contributed by atoms with Crippen LogP contribution in [0.15, 0.2) is 4.99 Å². The molecule has 2 fully saturated rings. The number of halogens is 1. The molecule has 1 aromatic heterocycles. The Balaban J connectivity index is 0.00000300. The molecule has 2 aliphatic heterocycles. The SMILES string of the molecule is CN=C(NCc1sc(C)nc1C)NC1CC2CCC(C1)N2C(=O)OC(C)(C)C.I. The lowest BCUT2D eigenvalue weighted by Gasteiger charge is -2.40. The molecule has 9 heteroatoms. The van der Waals surface area contributed by atoms with Crippen LogP contribution in [-0.2, 0) is 11.3 Å². The van der Waals surface area contributed by atoms with Gasteiger partial charge in [0.15, 0.2) is 5.96 Å². The molecule has 2 N–H and O–H groups in total. The van der Waals surface area contributed by atoms with Crippen LogP contribution < -0.4 is 10.6 Å². The Morgan fingerprint density at radius 2 is 1.90 bits per heavy atom. The molecular formula is C20H34IN5O2S. The minimum atomic E-state index is -0.454. The van der Waals surface area contributed by atoms with Gasteiger partial charge < -0.3 is 20.3 Å². The van der Waals surface area contributed by atoms with Crippen molar-refractivity contribution in [3.05, 3.63) is 15.6 Å². The second kappa shape index (κ2) is 9.80. The van der Waals surface area contributed by atoms with Crippen LogP contribution >= 0.6 is 35.3 Å². The minimum absolute atomic E-state index is 0. The summed E-state index contributed by atoms with van der Waals surface area (Å²) in [5.41, 5.74) is 0.624. The van der Waals surface area contributed by atoms with Gasteiger partial charge in [-0.05, 0) is 60.3 Å². The third-order valence-electron chi connectivity index (χ3n) is 5.32. The molecule has 2 atom stereocenters. The smallest absolute Gasteiger partial charge is 0.410 e. The molecule has 29 heavy (non-hydrogen) atoms. The highest BCUT2D eigenvalue weighted by Gasteiger charge is 2.45. The summed E-state index contributed by atoms with van der Waals surface area (Å²) in [4.78, 5) is 24.7. The average Bonchev–Trinajstić information content (AvgIpc) is 3.05. The van der Waals surface area contributed by atoms with Crippen molar-refractivity contribution in [3.8, 4) is 0 Å². The summed E-state index contributed by atoms with van der Waals surface area (Å²) < 4.78 is 5.62. The van der Waals surface area contributed by atoms with Crippen LogP contribution in [0.5, 0.6) is 0 Å². The number of amides is 1. The number of guanidine groups is 1. The Kier molecular flexibility index (Phi) is 8.17. The molecule has 0 radical (unpaired) electrons. The summed E-state index contributed by atoms with van der Waals surface area (Å²) in [6.07, 6.45) is 3.78. The van der Waals surface area contributed by atoms with Crippen LogP contribution in [0.1, 0.15) is 62.0 Å². The lowest BCUT2D eigenvalue weighted by Crippen LogP contribution is -2.54. The van der Waals surface area contributed by atoms with Gasteiger partial charge in [-0.2, -0.15) is 0 Å². The van der Waals surface area contributed by atoms with Crippen molar-refractivity contribution in [3.63, 3.8) is 0 Å². The lowest BCUT2D eigenvalue weighted by atomic mass is 9.98. The zero-order valence-electron chi connectivity index (χ0n) is 18.2. The monoisotopic (exact) mass is 535 g/mol. The molecule has 0 saturated carbocycles. The Hall–Kier alpha value is -1.10. The van der Waals surface area contributed by atoms with Crippen LogP contribution in [0.3, 0.4) is 0 Å². The van der Waals surface area contributed by atoms with Gasteiger partial charge in [0.25, 0.3) is 0 Å². The molecule has 2 unspecified atom stereocenters. The van der Waals surface area contributed by atoms with E-state index in [4.69, 9.17) is 4.74 Å². The highest BCUT2D eigenvalue weighted by Crippen LogP contribution is 2.36. The number of piperidine rings is 1. The van der Waals surface area contributed by atoms with Gasteiger partial charge in [0, 0.05) is 30.1 Å². The van der Waals surface area contributed by atoms with Crippen LogP contribution in [-0.4, -0.2) is 52.7 Å². The maximum absolute atomic E-state index is 12.6. The average molecular weight is 535 g/mol. The zero-order chi connectivity index (χ0) is 20.5. The number of nitrogens with zero attached hydrogens (tertiary/aromatic N) is 3. The number of rotatable bonds is 3. The normalized spacial score (nSPS) is 24.1. The Bertz CT molecular complexity index is 732. The van der Waals surface area contributed by atoms with E-state index < -0.39 is 5.60 Å². The number of aromatic nitrogens is 1. The number of hydrogen-bond acceptors (Lipinski definition) is 5. The van der Waals surface area contributed by atoms with Crippen molar-refractivity contribution < 1.29 is 9.53 Å². The summed E-state index contributed by atoms with van der Waals surface area (Å²) >= 11 is 1.72. The van der Waals surface area contributed by atoms with Crippen molar-refractivity contribution in [2.24, 2.45) is 4.99 Å². The van der Waals surface area contributed by atoms with Crippen molar-refractivity contribution in [2.45, 2.75) is 90.6 Å². The van der Waals surface area contributed by atoms with E-state index in [0.29, 0.717) is 6.04 Å². The number of fused-ring (bicyclic) bond motifs is 2. The summed E-state index contributed by atoms with van der Waals surface area (Å²) in [5, 5.41) is 8.05. The van der Waals surface area contributed by atoms with Gasteiger partial charge in [-0.15, -0.1) is 35.3 Å². The van der Waals surface area contributed by atoms with E-state index in [-0.39, 0.29) is 42.2 Å². The van der Waals surface area contributed by atoms with Crippen molar-refractivity contribution in [2.75, 3.05) is 7.05 Å². The number of aliphatic imine (C=N–C) groups is 1. The van der Waals surface area contributed by atoms with Gasteiger partial charge in [0.05, 0.1) is 17.2 Å². The maximum Gasteiger partial charge on any atom is 0.410 e. The molecule has 0 spiro atoms. The highest BCUT2D eigenvalue weighted by atomic mass is 127. The van der Waals surface area contributed by atoms with Crippen LogP contribution in [0.25, 0.3) is 0 Å². The molecule has 164 valence electrons. The van der Waals surface area contributed by atoms with Gasteiger partial charge in [-0.1, -0.05) is 0 Å². The van der Waals surface area contributed by atoms with E-state index in [1.54, 1.807) is 18.4 Å². The van der Waals surface area contributed by atoms with E-state index in [9.17, 15) is 4.79 Å². The van der Waals surface area contributed by atoms with Crippen molar-refractivity contribution in [1.82, 2.24) is 20.5 Å². The molecule has 0 aliphatic carbocycles. The first kappa shape index (κ1) is 24.2. The molecule has 3 rings (SSSR count). The summed E-state index contributed by atoms with van der Waals surface area (Å²) in [6, 6.07) is 0.804. The number of thiazole rings is 1. The van der Waals surface area contributed by atoms with E-state index in [0.717, 1.165) is 48.9 Å². The fourth-order valence-corrected chi connectivity index (χ4v) is 5.07. The predicted molar refractivity (Wildman–Crippen MR) is 128 cm³/mol. The first-order valence-electron chi connectivity index (χ1n) is 10.1. The van der Waals surface area contributed by atoms with Crippen LogP contribution in [0, 0.1) is 13.8 Å². The number of carbonyl (C=O) groups excluding carboxylic acids is 1. The third-order valence-corrected chi connectivity index (χ3v) is 6.39.